The van der Waals surface area contributed by atoms with Gasteiger partial charge in [-0.3, -0.25) is 19.3 Å². The molecule has 4 rings (SSSR count). The van der Waals surface area contributed by atoms with Crippen LogP contribution in [0.5, 0.6) is 0 Å². The van der Waals surface area contributed by atoms with Crippen molar-refractivity contribution in [3.05, 3.63) is 18.0 Å². The van der Waals surface area contributed by atoms with Crippen molar-refractivity contribution < 1.29 is 9.53 Å². The van der Waals surface area contributed by atoms with Crippen molar-refractivity contribution in [1.82, 2.24) is 24.5 Å². The number of hydrogen-bond donors (Lipinski definition) is 0. The summed E-state index contributed by atoms with van der Waals surface area (Å²) in [6.45, 7) is 11.7. The lowest BCUT2D eigenvalue weighted by Crippen LogP contribution is -2.58. The summed E-state index contributed by atoms with van der Waals surface area (Å²) >= 11 is 0. The van der Waals surface area contributed by atoms with Crippen LogP contribution in [0.15, 0.2) is 12.4 Å². The second kappa shape index (κ2) is 8.13. The van der Waals surface area contributed by atoms with Gasteiger partial charge in [-0.15, -0.1) is 0 Å². The number of rotatable bonds is 3. The Hall–Kier alpha value is -1.44. The number of nitrogens with zero attached hydrogens (tertiary/aromatic N) is 5. The number of piperidine rings is 1. The molecule has 1 spiro atoms. The van der Waals surface area contributed by atoms with Crippen LogP contribution in [0, 0.1) is 0 Å². The number of aryl methyl sites for hydroxylation is 1. The lowest BCUT2D eigenvalue weighted by atomic mass is 9.81. The van der Waals surface area contributed by atoms with Gasteiger partial charge in [0, 0.05) is 71.2 Å². The highest BCUT2D eigenvalue weighted by atomic mass is 16.5. The first kappa shape index (κ1) is 19.9. The summed E-state index contributed by atoms with van der Waals surface area (Å²) in [5, 5.41) is 4.13. The molecule has 156 valence electrons. The molecule has 7 nitrogen and oxygen atoms in total. The number of hydrogen-bond acceptors (Lipinski definition) is 5. The van der Waals surface area contributed by atoms with Crippen molar-refractivity contribution in [3.8, 4) is 0 Å². The van der Waals surface area contributed by atoms with Gasteiger partial charge in [0.25, 0.3) is 5.91 Å². The highest BCUT2D eigenvalue weighted by molar-refractivity contribution is 5.93. The largest absolute Gasteiger partial charge is 0.375 e. The minimum atomic E-state index is -0.0379. The molecule has 0 saturated carbocycles. The zero-order chi connectivity index (χ0) is 19.7. The Kier molecular flexibility index (Phi) is 5.76. The van der Waals surface area contributed by atoms with E-state index in [1.165, 1.54) is 26.2 Å². The van der Waals surface area contributed by atoms with Gasteiger partial charge in [0.2, 0.25) is 0 Å². The minimum Gasteiger partial charge on any atom is -0.375 e. The minimum absolute atomic E-state index is 0.0379. The van der Waals surface area contributed by atoms with Crippen LogP contribution >= 0.6 is 0 Å². The van der Waals surface area contributed by atoms with Crippen molar-refractivity contribution in [2.24, 2.45) is 7.05 Å². The number of carbonyl (C=O) groups is 1. The quantitative estimate of drug-likeness (QED) is 0.786. The zero-order valence-electron chi connectivity index (χ0n) is 17.6. The van der Waals surface area contributed by atoms with E-state index < -0.39 is 0 Å². The molecule has 0 bridgehead atoms. The first-order valence-corrected chi connectivity index (χ1v) is 10.9. The standard InChI is InChI=1S/C21H35N5O2/c1-17(2)24-9-11-25(12-10-24)19-4-13-28-21(14-19)5-7-26(8-6-21)20(27)18-15-22-23(3)16-18/h15-17,19H,4-14H2,1-3H3. The second-order valence-corrected chi connectivity index (χ2v) is 9.04. The van der Waals surface area contributed by atoms with Crippen molar-refractivity contribution in [1.29, 1.82) is 0 Å². The van der Waals surface area contributed by atoms with Gasteiger partial charge in [0.15, 0.2) is 0 Å². The SMILES string of the molecule is CC(C)N1CCN(C2CCOC3(CCN(C(=O)c4cnn(C)c4)CC3)C2)CC1. The number of carbonyl (C=O) groups excluding carboxylic acids is 1. The predicted octanol–water partition coefficient (Wildman–Crippen LogP) is 1.60. The molecule has 3 aliphatic rings. The fourth-order valence-corrected chi connectivity index (χ4v) is 5.11. The van der Waals surface area contributed by atoms with E-state index in [-0.39, 0.29) is 11.5 Å². The van der Waals surface area contributed by atoms with Gasteiger partial charge in [-0.2, -0.15) is 5.10 Å². The van der Waals surface area contributed by atoms with E-state index in [4.69, 9.17) is 4.74 Å². The van der Waals surface area contributed by atoms with Gasteiger partial charge in [-0.25, -0.2) is 0 Å². The summed E-state index contributed by atoms with van der Waals surface area (Å²) < 4.78 is 8.02. The molecule has 1 amide bonds. The van der Waals surface area contributed by atoms with E-state index in [0.29, 0.717) is 17.6 Å². The lowest BCUT2D eigenvalue weighted by molar-refractivity contribution is -0.132. The van der Waals surface area contributed by atoms with Gasteiger partial charge in [0.1, 0.15) is 0 Å². The van der Waals surface area contributed by atoms with Crippen LogP contribution in [0.2, 0.25) is 0 Å². The molecule has 7 heteroatoms. The Morgan fingerprint density at radius 2 is 1.89 bits per heavy atom. The van der Waals surface area contributed by atoms with E-state index in [2.05, 4.69) is 28.7 Å². The number of piperazine rings is 1. The lowest BCUT2D eigenvalue weighted by Gasteiger charge is -2.50. The molecular formula is C21H35N5O2. The first-order valence-electron chi connectivity index (χ1n) is 10.9. The van der Waals surface area contributed by atoms with E-state index in [1.807, 2.05) is 11.9 Å². The summed E-state index contributed by atoms with van der Waals surface area (Å²) in [7, 11) is 1.85. The van der Waals surface area contributed by atoms with Gasteiger partial charge in [-0.1, -0.05) is 0 Å². The van der Waals surface area contributed by atoms with Crippen LogP contribution < -0.4 is 0 Å². The first-order chi connectivity index (χ1) is 13.5. The van der Waals surface area contributed by atoms with Gasteiger partial charge < -0.3 is 9.64 Å². The molecule has 28 heavy (non-hydrogen) atoms. The zero-order valence-corrected chi connectivity index (χ0v) is 17.6. The maximum Gasteiger partial charge on any atom is 0.257 e. The van der Waals surface area contributed by atoms with Crippen LogP contribution in [0.3, 0.4) is 0 Å². The number of aromatic nitrogens is 2. The van der Waals surface area contributed by atoms with Gasteiger partial charge in [0.05, 0.1) is 17.4 Å². The van der Waals surface area contributed by atoms with Crippen LogP contribution in [-0.2, 0) is 11.8 Å². The Labute approximate surface area is 168 Å². The monoisotopic (exact) mass is 389 g/mol. The summed E-state index contributed by atoms with van der Waals surface area (Å²) in [6.07, 6.45) is 7.61. The maximum absolute atomic E-state index is 12.7. The summed E-state index contributed by atoms with van der Waals surface area (Å²) in [6, 6.07) is 1.27. The van der Waals surface area contributed by atoms with Gasteiger partial charge in [-0.05, 0) is 39.5 Å². The molecule has 0 radical (unpaired) electrons. The van der Waals surface area contributed by atoms with E-state index >= 15 is 0 Å². The molecule has 1 aromatic heterocycles. The molecule has 3 fully saturated rings. The Morgan fingerprint density at radius 1 is 1.18 bits per heavy atom. The molecule has 3 aliphatic heterocycles. The average Bonchev–Trinajstić information content (AvgIpc) is 3.14. The van der Waals surface area contributed by atoms with Crippen molar-refractivity contribution in [3.63, 3.8) is 0 Å². The Balaban J connectivity index is 1.32. The summed E-state index contributed by atoms with van der Waals surface area (Å²) in [5.41, 5.74) is 0.646. The molecule has 1 aromatic rings. The highest BCUT2D eigenvalue weighted by Gasteiger charge is 2.43. The third-order valence-corrected chi connectivity index (χ3v) is 6.98. The van der Waals surface area contributed by atoms with Crippen LogP contribution in [0.1, 0.15) is 49.9 Å². The van der Waals surface area contributed by atoms with Crippen molar-refractivity contribution >= 4 is 5.91 Å². The van der Waals surface area contributed by atoms with E-state index in [9.17, 15) is 4.79 Å². The maximum atomic E-state index is 12.7. The fraction of sp³-hybridized carbons (Fsp3) is 0.810. The topological polar surface area (TPSA) is 53.8 Å². The average molecular weight is 390 g/mol. The van der Waals surface area contributed by atoms with Crippen molar-refractivity contribution in [2.75, 3.05) is 45.9 Å². The third-order valence-electron chi connectivity index (χ3n) is 6.98. The van der Waals surface area contributed by atoms with Crippen molar-refractivity contribution in [2.45, 2.75) is 57.2 Å². The summed E-state index contributed by atoms with van der Waals surface area (Å²) in [5.74, 6) is 0.0973. The van der Waals surface area contributed by atoms with E-state index in [0.717, 1.165) is 45.4 Å². The van der Waals surface area contributed by atoms with Crippen LogP contribution in [-0.4, -0.2) is 93.9 Å². The smallest absolute Gasteiger partial charge is 0.257 e. The Morgan fingerprint density at radius 3 is 2.50 bits per heavy atom. The van der Waals surface area contributed by atoms with Gasteiger partial charge >= 0.3 is 0 Å². The molecule has 4 heterocycles. The van der Waals surface area contributed by atoms with Crippen LogP contribution in [0.4, 0.5) is 0 Å². The molecule has 1 atom stereocenters. The predicted molar refractivity (Wildman–Crippen MR) is 108 cm³/mol. The number of amides is 1. The molecule has 0 aromatic carbocycles. The summed E-state index contributed by atoms with van der Waals surface area (Å²) in [4.78, 5) is 19.9. The molecule has 3 saturated heterocycles. The molecular weight excluding hydrogens is 354 g/mol. The highest BCUT2D eigenvalue weighted by Crippen LogP contribution is 2.37. The number of ether oxygens (including phenoxy) is 1. The molecule has 0 aliphatic carbocycles. The second-order valence-electron chi connectivity index (χ2n) is 9.04. The normalized spacial score (nSPS) is 26.9. The third kappa shape index (κ3) is 4.11. The van der Waals surface area contributed by atoms with E-state index in [1.54, 1.807) is 17.1 Å². The fourth-order valence-electron chi connectivity index (χ4n) is 5.11. The van der Waals surface area contributed by atoms with Crippen LogP contribution in [0.25, 0.3) is 0 Å². The molecule has 0 N–H and O–H groups in total. The number of likely N-dealkylation sites (tertiary alicyclic amines) is 1. The molecule has 1 unspecified atom stereocenters. The Bertz CT molecular complexity index is 672.